The average Bonchev–Trinajstić information content (AvgIpc) is 2.76. The number of cyclic esters (lactones) is 1. The zero-order valence-electron chi connectivity index (χ0n) is 11.5. The molecule has 102 valence electrons. The van der Waals surface area contributed by atoms with E-state index in [1.807, 2.05) is 42.5 Å². The first-order valence-electron chi connectivity index (χ1n) is 6.72. The summed E-state index contributed by atoms with van der Waals surface area (Å²) in [5.74, 6) is 0.781. The van der Waals surface area contributed by atoms with Crippen molar-refractivity contribution in [1.82, 2.24) is 0 Å². The van der Waals surface area contributed by atoms with E-state index < -0.39 is 6.29 Å². The monoisotopic (exact) mass is 268 g/mol. The highest BCUT2D eigenvalue weighted by molar-refractivity contribution is 5.93. The van der Waals surface area contributed by atoms with Crippen molar-refractivity contribution in [2.24, 2.45) is 0 Å². The molecule has 0 bridgehead atoms. The zero-order chi connectivity index (χ0) is 14.1. The van der Waals surface area contributed by atoms with E-state index in [4.69, 9.17) is 9.47 Å². The van der Waals surface area contributed by atoms with Gasteiger partial charge in [0.2, 0.25) is 0 Å². The summed E-state index contributed by atoms with van der Waals surface area (Å²) >= 11 is 0. The van der Waals surface area contributed by atoms with E-state index in [-0.39, 0.29) is 5.97 Å². The van der Waals surface area contributed by atoms with Crippen LogP contribution in [0.3, 0.4) is 0 Å². The van der Waals surface area contributed by atoms with E-state index >= 15 is 0 Å². The number of benzene rings is 2. The molecule has 1 aliphatic rings. The highest BCUT2D eigenvalue weighted by Crippen LogP contribution is 2.35. The number of fused-ring (bicyclic) bond motifs is 1. The van der Waals surface area contributed by atoms with Crippen molar-refractivity contribution < 1.29 is 14.3 Å². The minimum Gasteiger partial charge on any atom is -0.450 e. The molecule has 0 amide bonds. The van der Waals surface area contributed by atoms with Crippen molar-refractivity contribution in [3.63, 3.8) is 0 Å². The van der Waals surface area contributed by atoms with Crippen molar-refractivity contribution in [2.75, 3.05) is 0 Å². The SMILES string of the molecule is CC(C)c1ccccc1OC1OC(=O)c2ccccc21. The van der Waals surface area contributed by atoms with Gasteiger partial charge in [0.25, 0.3) is 6.29 Å². The lowest BCUT2D eigenvalue weighted by Gasteiger charge is -2.18. The van der Waals surface area contributed by atoms with Gasteiger partial charge in [0, 0.05) is 5.56 Å². The van der Waals surface area contributed by atoms with Crippen LogP contribution in [0.1, 0.15) is 47.5 Å². The van der Waals surface area contributed by atoms with Gasteiger partial charge in [-0.25, -0.2) is 4.79 Å². The highest BCUT2D eigenvalue weighted by atomic mass is 16.7. The van der Waals surface area contributed by atoms with Crippen LogP contribution in [0.25, 0.3) is 0 Å². The molecule has 0 spiro atoms. The molecular weight excluding hydrogens is 252 g/mol. The van der Waals surface area contributed by atoms with Gasteiger partial charge < -0.3 is 9.47 Å². The fourth-order valence-electron chi connectivity index (χ4n) is 2.38. The van der Waals surface area contributed by atoms with Gasteiger partial charge in [-0.15, -0.1) is 0 Å². The molecule has 0 fully saturated rings. The average molecular weight is 268 g/mol. The molecule has 0 aromatic heterocycles. The molecule has 0 radical (unpaired) electrons. The Kier molecular flexibility index (Phi) is 3.18. The molecule has 0 saturated carbocycles. The fraction of sp³-hybridized carbons (Fsp3) is 0.235. The first-order valence-corrected chi connectivity index (χ1v) is 6.72. The topological polar surface area (TPSA) is 35.5 Å². The predicted molar refractivity (Wildman–Crippen MR) is 75.8 cm³/mol. The molecule has 0 N–H and O–H groups in total. The number of hydrogen-bond acceptors (Lipinski definition) is 3. The molecule has 2 aromatic carbocycles. The molecule has 3 nitrogen and oxygen atoms in total. The zero-order valence-corrected chi connectivity index (χ0v) is 11.5. The number of esters is 1. The van der Waals surface area contributed by atoms with Crippen molar-refractivity contribution in [3.05, 3.63) is 65.2 Å². The number of hydrogen-bond donors (Lipinski definition) is 0. The Morgan fingerprint density at radius 2 is 1.75 bits per heavy atom. The maximum atomic E-state index is 11.8. The largest absolute Gasteiger partial charge is 0.450 e. The van der Waals surface area contributed by atoms with Crippen LogP contribution in [0, 0.1) is 0 Å². The number of carbonyl (C=O) groups is 1. The maximum absolute atomic E-state index is 11.8. The van der Waals surface area contributed by atoms with Gasteiger partial charge in [0.1, 0.15) is 5.75 Å². The Morgan fingerprint density at radius 1 is 1.05 bits per heavy atom. The lowest BCUT2D eigenvalue weighted by molar-refractivity contribution is -0.0387. The molecule has 20 heavy (non-hydrogen) atoms. The summed E-state index contributed by atoms with van der Waals surface area (Å²) in [6.45, 7) is 4.22. The number of para-hydroxylation sites is 1. The highest BCUT2D eigenvalue weighted by Gasteiger charge is 2.32. The molecule has 3 heteroatoms. The standard InChI is InChI=1S/C17H16O3/c1-11(2)12-7-5-6-10-15(12)19-17-14-9-4-3-8-13(14)16(18)20-17/h3-11,17H,1-2H3. The third kappa shape index (κ3) is 2.16. The normalized spacial score (nSPS) is 16.9. The van der Waals surface area contributed by atoms with E-state index in [0.29, 0.717) is 11.5 Å². The van der Waals surface area contributed by atoms with Crippen LogP contribution in [-0.2, 0) is 4.74 Å². The van der Waals surface area contributed by atoms with Crippen molar-refractivity contribution >= 4 is 5.97 Å². The van der Waals surface area contributed by atoms with Crippen LogP contribution in [-0.4, -0.2) is 5.97 Å². The molecule has 1 aliphatic heterocycles. The minimum absolute atomic E-state index is 0.326. The third-order valence-electron chi connectivity index (χ3n) is 3.42. The summed E-state index contributed by atoms with van der Waals surface area (Å²) in [6, 6.07) is 15.2. The van der Waals surface area contributed by atoms with E-state index in [1.54, 1.807) is 6.07 Å². The lowest BCUT2D eigenvalue weighted by Crippen LogP contribution is -2.08. The van der Waals surface area contributed by atoms with Gasteiger partial charge in [-0.1, -0.05) is 50.2 Å². The number of ether oxygens (including phenoxy) is 2. The van der Waals surface area contributed by atoms with Gasteiger partial charge in [-0.3, -0.25) is 0 Å². The molecule has 2 aromatic rings. The van der Waals surface area contributed by atoms with Crippen LogP contribution in [0.2, 0.25) is 0 Å². The van der Waals surface area contributed by atoms with Crippen LogP contribution in [0.5, 0.6) is 5.75 Å². The van der Waals surface area contributed by atoms with Gasteiger partial charge in [0.15, 0.2) is 0 Å². The smallest absolute Gasteiger partial charge is 0.342 e. The van der Waals surface area contributed by atoms with Crippen molar-refractivity contribution in [3.8, 4) is 5.75 Å². The molecule has 1 atom stereocenters. The number of carbonyl (C=O) groups excluding carboxylic acids is 1. The molecule has 1 heterocycles. The fourth-order valence-corrected chi connectivity index (χ4v) is 2.38. The summed E-state index contributed by atoms with van der Waals surface area (Å²) in [5, 5.41) is 0. The van der Waals surface area contributed by atoms with Crippen LogP contribution in [0.4, 0.5) is 0 Å². The van der Waals surface area contributed by atoms with E-state index in [9.17, 15) is 4.79 Å². The Bertz CT molecular complexity index is 646. The summed E-state index contributed by atoms with van der Waals surface area (Å²) in [4.78, 5) is 11.8. The second-order valence-electron chi connectivity index (χ2n) is 5.13. The van der Waals surface area contributed by atoms with E-state index in [0.717, 1.165) is 16.9 Å². The molecule has 0 saturated heterocycles. The maximum Gasteiger partial charge on any atom is 0.342 e. The minimum atomic E-state index is -0.654. The summed E-state index contributed by atoms with van der Waals surface area (Å²) in [6.07, 6.45) is -0.654. The predicted octanol–water partition coefficient (Wildman–Crippen LogP) is 4.06. The van der Waals surface area contributed by atoms with Gasteiger partial charge in [-0.2, -0.15) is 0 Å². The molecular formula is C17H16O3. The lowest BCUT2D eigenvalue weighted by atomic mass is 10.0. The Balaban J connectivity index is 1.92. The summed E-state index contributed by atoms with van der Waals surface area (Å²) < 4.78 is 11.2. The van der Waals surface area contributed by atoms with E-state index in [2.05, 4.69) is 13.8 Å². The summed E-state index contributed by atoms with van der Waals surface area (Å²) in [5.41, 5.74) is 2.48. The second-order valence-corrected chi connectivity index (χ2v) is 5.13. The van der Waals surface area contributed by atoms with E-state index in [1.165, 1.54) is 0 Å². The van der Waals surface area contributed by atoms with Crippen LogP contribution < -0.4 is 4.74 Å². The quantitative estimate of drug-likeness (QED) is 0.787. The first kappa shape index (κ1) is 12.7. The Hall–Kier alpha value is -2.29. The van der Waals surface area contributed by atoms with Gasteiger partial charge >= 0.3 is 5.97 Å². The number of rotatable bonds is 3. The molecule has 0 aliphatic carbocycles. The van der Waals surface area contributed by atoms with Gasteiger partial charge in [0.05, 0.1) is 5.56 Å². The van der Waals surface area contributed by atoms with Gasteiger partial charge in [-0.05, 0) is 23.6 Å². The second kappa shape index (κ2) is 5.00. The van der Waals surface area contributed by atoms with Crippen molar-refractivity contribution in [2.45, 2.75) is 26.1 Å². The molecule has 3 rings (SSSR count). The Labute approximate surface area is 118 Å². The Morgan fingerprint density at radius 3 is 2.55 bits per heavy atom. The van der Waals surface area contributed by atoms with Crippen LogP contribution >= 0.6 is 0 Å². The third-order valence-corrected chi connectivity index (χ3v) is 3.42. The summed E-state index contributed by atoms with van der Waals surface area (Å²) in [7, 11) is 0. The first-order chi connectivity index (χ1) is 9.66. The molecule has 1 unspecified atom stereocenters. The van der Waals surface area contributed by atoms with Crippen LogP contribution in [0.15, 0.2) is 48.5 Å². The van der Waals surface area contributed by atoms with Crippen molar-refractivity contribution in [1.29, 1.82) is 0 Å².